The molecule has 1 saturated heterocycles. The molecule has 23 heavy (non-hydrogen) atoms. The Kier molecular flexibility index (Phi) is 5.57. The fourth-order valence-corrected chi connectivity index (χ4v) is 4.12. The average molecular weight is 380 g/mol. The molecule has 3 rings (SSSR count). The summed E-state index contributed by atoms with van der Waals surface area (Å²) in [6, 6.07) is 5.01. The zero-order valence-corrected chi connectivity index (χ0v) is 14.5. The molecule has 1 aromatic carbocycles. The van der Waals surface area contributed by atoms with Crippen molar-refractivity contribution in [2.24, 2.45) is 0 Å². The normalized spacial score (nSPS) is 15.3. The van der Waals surface area contributed by atoms with E-state index in [0.717, 1.165) is 48.0 Å². The van der Waals surface area contributed by atoms with Gasteiger partial charge in [-0.15, -0.1) is 12.4 Å². The first-order valence-corrected chi connectivity index (χ1v) is 8.64. The Bertz CT molecular complexity index is 789. The lowest BCUT2D eigenvalue weighted by molar-refractivity contribution is 0.584. The molecule has 2 heterocycles. The zero-order valence-electron chi connectivity index (χ0n) is 12.1. The SMILES string of the molecule is Cl.O=S(=O)(c1ccc(F)cc1Cl)n1ccc(N2CCNCC2)c1. The quantitative estimate of drug-likeness (QED) is 0.888. The van der Waals surface area contributed by atoms with Gasteiger partial charge >= 0.3 is 0 Å². The predicted molar refractivity (Wildman–Crippen MR) is 90.8 cm³/mol. The van der Waals surface area contributed by atoms with E-state index < -0.39 is 15.8 Å². The number of nitrogens with zero attached hydrogens (tertiary/aromatic N) is 2. The monoisotopic (exact) mass is 379 g/mol. The lowest BCUT2D eigenvalue weighted by Gasteiger charge is -2.28. The molecular weight excluding hydrogens is 364 g/mol. The van der Waals surface area contributed by atoms with Crippen LogP contribution in [0.4, 0.5) is 10.1 Å². The van der Waals surface area contributed by atoms with Crippen molar-refractivity contribution in [3.8, 4) is 0 Å². The predicted octanol–water partition coefficient (Wildman–Crippen LogP) is 2.35. The van der Waals surface area contributed by atoms with Crippen molar-refractivity contribution in [2.45, 2.75) is 4.90 Å². The maximum Gasteiger partial charge on any atom is 0.269 e. The van der Waals surface area contributed by atoms with Crippen molar-refractivity contribution in [1.82, 2.24) is 9.29 Å². The molecule has 5 nitrogen and oxygen atoms in total. The summed E-state index contributed by atoms with van der Waals surface area (Å²) in [5.41, 5.74) is 0.836. The van der Waals surface area contributed by atoms with E-state index in [1.165, 1.54) is 12.3 Å². The molecule has 0 atom stereocenters. The molecule has 0 saturated carbocycles. The van der Waals surface area contributed by atoms with Gasteiger partial charge in [0, 0.05) is 38.6 Å². The fraction of sp³-hybridized carbons (Fsp3) is 0.286. The van der Waals surface area contributed by atoms with Gasteiger partial charge < -0.3 is 10.2 Å². The Labute approximate surface area is 145 Å². The summed E-state index contributed by atoms with van der Waals surface area (Å²) >= 11 is 5.87. The van der Waals surface area contributed by atoms with E-state index in [4.69, 9.17) is 11.6 Å². The molecule has 1 N–H and O–H groups in total. The number of hydrogen-bond donors (Lipinski definition) is 1. The van der Waals surface area contributed by atoms with Gasteiger partial charge in [0.05, 0.1) is 10.7 Å². The summed E-state index contributed by atoms with van der Waals surface area (Å²) in [6.07, 6.45) is 3.03. The first-order chi connectivity index (χ1) is 10.5. The van der Waals surface area contributed by atoms with Crippen LogP contribution in [0.3, 0.4) is 0 Å². The molecule has 126 valence electrons. The van der Waals surface area contributed by atoms with E-state index in [2.05, 4.69) is 10.2 Å². The highest BCUT2D eigenvalue weighted by Crippen LogP contribution is 2.26. The minimum atomic E-state index is -3.83. The maximum absolute atomic E-state index is 13.1. The lowest BCUT2D eigenvalue weighted by atomic mass is 10.3. The third-order valence-electron chi connectivity index (χ3n) is 3.58. The van der Waals surface area contributed by atoms with Crippen molar-refractivity contribution in [1.29, 1.82) is 0 Å². The van der Waals surface area contributed by atoms with Crippen molar-refractivity contribution in [3.63, 3.8) is 0 Å². The first kappa shape index (κ1) is 18.1. The fourth-order valence-electron chi connectivity index (χ4n) is 2.42. The topological polar surface area (TPSA) is 54.3 Å². The molecule has 1 aromatic heterocycles. The van der Waals surface area contributed by atoms with Gasteiger partial charge in [-0.3, -0.25) is 0 Å². The molecule has 0 aliphatic carbocycles. The Morgan fingerprint density at radius 3 is 2.52 bits per heavy atom. The summed E-state index contributed by atoms with van der Waals surface area (Å²) in [5.74, 6) is -0.571. The number of benzene rings is 1. The highest BCUT2D eigenvalue weighted by molar-refractivity contribution is 7.90. The molecule has 0 amide bonds. The summed E-state index contributed by atoms with van der Waals surface area (Å²) in [7, 11) is -3.83. The van der Waals surface area contributed by atoms with Gasteiger partial charge in [-0.25, -0.2) is 16.8 Å². The van der Waals surface area contributed by atoms with E-state index in [1.54, 1.807) is 12.3 Å². The molecule has 1 aliphatic rings. The smallest absolute Gasteiger partial charge is 0.269 e. The van der Waals surface area contributed by atoms with E-state index in [0.29, 0.717) is 0 Å². The zero-order chi connectivity index (χ0) is 15.7. The number of anilines is 1. The number of aromatic nitrogens is 1. The standard InChI is InChI=1S/C14H15ClFN3O2S.ClH/c15-13-9-11(16)1-2-14(13)22(20,21)19-6-3-12(10-19)18-7-4-17-5-8-18;/h1-3,6,9-10,17H,4-5,7-8H2;1H. The molecule has 1 aliphatic heterocycles. The second kappa shape index (κ2) is 7.09. The second-order valence-corrected chi connectivity index (χ2v) is 7.24. The summed E-state index contributed by atoms with van der Waals surface area (Å²) in [6.45, 7) is 3.37. The van der Waals surface area contributed by atoms with Crippen LogP contribution < -0.4 is 10.2 Å². The van der Waals surface area contributed by atoms with Crippen molar-refractivity contribution < 1.29 is 12.8 Å². The van der Waals surface area contributed by atoms with Crippen molar-refractivity contribution in [3.05, 3.63) is 47.5 Å². The third kappa shape index (κ3) is 3.63. The van der Waals surface area contributed by atoms with Crippen LogP contribution in [0.2, 0.25) is 5.02 Å². The van der Waals surface area contributed by atoms with E-state index >= 15 is 0 Å². The van der Waals surface area contributed by atoms with Crippen LogP contribution >= 0.6 is 24.0 Å². The van der Waals surface area contributed by atoms with Crippen LogP contribution in [0, 0.1) is 5.82 Å². The number of rotatable bonds is 3. The largest absolute Gasteiger partial charge is 0.368 e. The van der Waals surface area contributed by atoms with Crippen LogP contribution in [0.1, 0.15) is 0 Å². The molecule has 9 heteroatoms. The lowest BCUT2D eigenvalue weighted by Crippen LogP contribution is -2.43. The van der Waals surface area contributed by atoms with Crippen LogP contribution in [0.25, 0.3) is 0 Å². The summed E-state index contributed by atoms with van der Waals surface area (Å²) in [4.78, 5) is 1.99. The van der Waals surface area contributed by atoms with E-state index in [1.807, 2.05) is 0 Å². The van der Waals surface area contributed by atoms with Gasteiger partial charge in [0.25, 0.3) is 10.0 Å². The van der Waals surface area contributed by atoms with Gasteiger partial charge in [0.1, 0.15) is 10.7 Å². The second-order valence-electron chi connectivity index (χ2n) is 5.02. The Hall–Kier alpha value is -1.28. The number of halogens is 3. The molecule has 1 fully saturated rings. The van der Waals surface area contributed by atoms with Crippen LogP contribution in [-0.2, 0) is 10.0 Å². The molecule has 0 unspecified atom stereocenters. The Morgan fingerprint density at radius 2 is 1.87 bits per heavy atom. The third-order valence-corrected chi connectivity index (χ3v) is 5.70. The van der Waals surface area contributed by atoms with Crippen LogP contribution in [0.5, 0.6) is 0 Å². The van der Waals surface area contributed by atoms with Crippen molar-refractivity contribution in [2.75, 3.05) is 31.1 Å². The molecule has 0 radical (unpaired) electrons. The van der Waals surface area contributed by atoms with Gasteiger partial charge in [-0.2, -0.15) is 0 Å². The van der Waals surface area contributed by atoms with Gasteiger partial charge in [0.15, 0.2) is 0 Å². The highest BCUT2D eigenvalue weighted by atomic mass is 35.5. The number of piperazine rings is 1. The maximum atomic E-state index is 13.1. The average Bonchev–Trinajstić information content (AvgIpc) is 2.98. The molecule has 0 bridgehead atoms. The van der Waals surface area contributed by atoms with Gasteiger partial charge in [0.2, 0.25) is 0 Å². The Balaban J connectivity index is 0.00000192. The molecule has 0 spiro atoms. The molecular formula is C14H16Cl2FN3O2S. The van der Waals surface area contributed by atoms with Gasteiger partial charge in [-0.05, 0) is 24.3 Å². The van der Waals surface area contributed by atoms with E-state index in [-0.39, 0.29) is 22.3 Å². The first-order valence-electron chi connectivity index (χ1n) is 6.83. The number of nitrogens with one attached hydrogen (secondary N) is 1. The summed E-state index contributed by atoms with van der Waals surface area (Å²) in [5, 5.41) is 3.11. The van der Waals surface area contributed by atoms with Gasteiger partial charge in [-0.1, -0.05) is 11.6 Å². The Morgan fingerprint density at radius 1 is 1.17 bits per heavy atom. The van der Waals surface area contributed by atoms with Crippen LogP contribution in [0.15, 0.2) is 41.6 Å². The molecule has 2 aromatic rings. The van der Waals surface area contributed by atoms with Crippen molar-refractivity contribution >= 4 is 39.7 Å². The minimum Gasteiger partial charge on any atom is -0.368 e. The number of hydrogen-bond acceptors (Lipinski definition) is 4. The summed E-state index contributed by atoms with van der Waals surface area (Å²) < 4.78 is 39.4. The van der Waals surface area contributed by atoms with Crippen LogP contribution in [-0.4, -0.2) is 38.6 Å². The minimum absolute atomic E-state index is 0. The van der Waals surface area contributed by atoms with E-state index in [9.17, 15) is 12.8 Å². The highest BCUT2D eigenvalue weighted by Gasteiger charge is 2.22.